The number of hydrogen-bond acceptors (Lipinski definition) is 3. The molecule has 0 spiro atoms. The van der Waals surface area contributed by atoms with Crippen molar-refractivity contribution in [3.63, 3.8) is 0 Å². The minimum atomic E-state index is -0.352. The molecule has 0 aliphatic rings. The van der Waals surface area contributed by atoms with Crippen LogP contribution in [0.1, 0.15) is 31.4 Å². The molecule has 3 nitrogen and oxygen atoms in total. The average molecular weight is 231 g/mol. The number of rotatable bonds is 5. The molecule has 17 heavy (non-hydrogen) atoms. The lowest BCUT2D eigenvalue weighted by molar-refractivity contribution is -0.149. The lowest BCUT2D eigenvalue weighted by Gasteiger charge is -2.08. The second-order valence-corrected chi connectivity index (χ2v) is 4.04. The van der Waals surface area contributed by atoms with Crippen LogP contribution in [0.5, 0.6) is 0 Å². The highest BCUT2D eigenvalue weighted by atomic mass is 16.5. The van der Waals surface area contributed by atoms with Crippen molar-refractivity contribution in [3.05, 3.63) is 35.4 Å². The van der Waals surface area contributed by atoms with E-state index in [9.17, 15) is 4.79 Å². The summed E-state index contributed by atoms with van der Waals surface area (Å²) in [7, 11) is 0. The molecule has 0 aromatic heterocycles. The predicted octanol–water partition coefficient (Wildman–Crippen LogP) is 2.84. The number of carbonyl (C=O) groups excluding carboxylic acids is 1. The molecule has 90 valence electrons. The first kappa shape index (κ1) is 13.2. The van der Waals surface area contributed by atoms with Gasteiger partial charge in [-0.3, -0.25) is 4.79 Å². The van der Waals surface area contributed by atoms with Crippen LogP contribution < -0.4 is 0 Å². The van der Waals surface area contributed by atoms with E-state index in [4.69, 9.17) is 10.00 Å². The van der Waals surface area contributed by atoms with Gasteiger partial charge < -0.3 is 4.74 Å². The SMILES string of the molecule is CCc1ccc(COC(=O)C(C)CC#N)cc1. The molecule has 0 saturated heterocycles. The number of aryl methyl sites for hydroxylation is 1. The highest BCUT2D eigenvalue weighted by molar-refractivity contribution is 5.72. The molecule has 0 aliphatic carbocycles. The summed E-state index contributed by atoms with van der Waals surface area (Å²) in [5.74, 6) is -0.666. The Morgan fingerprint density at radius 1 is 1.35 bits per heavy atom. The van der Waals surface area contributed by atoms with E-state index in [1.165, 1.54) is 5.56 Å². The predicted molar refractivity (Wildman–Crippen MR) is 65.0 cm³/mol. The van der Waals surface area contributed by atoms with Gasteiger partial charge in [-0.1, -0.05) is 38.1 Å². The van der Waals surface area contributed by atoms with Crippen molar-refractivity contribution in [1.82, 2.24) is 0 Å². The molecule has 0 heterocycles. The Bertz CT molecular complexity index is 403. The van der Waals surface area contributed by atoms with Crippen LogP contribution >= 0.6 is 0 Å². The van der Waals surface area contributed by atoms with Gasteiger partial charge in [-0.05, 0) is 17.5 Å². The van der Waals surface area contributed by atoms with Gasteiger partial charge in [-0.15, -0.1) is 0 Å². The van der Waals surface area contributed by atoms with Gasteiger partial charge in [0, 0.05) is 6.42 Å². The van der Waals surface area contributed by atoms with E-state index >= 15 is 0 Å². The molecule has 0 bridgehead atoms. The van der Waals surface area contributed by atoms with Crippen molar-refractivity contribution in [3.8, 4) is 6.07 Å². The van der Waals surface area contributed by atoms with Crippen LogP contribution in [-0.4, -0.2) is 5.97 Å². The Labute approximate surface area is 102 Å². The smallest absolute Gasteiger partial charge is 0.310 e. The number of ether oxygens (including phenoxy) is 1. The van der Waals surface area contributed by atoms with Crippen molar-refractivity contribution >= 4 is 5.97 Å². The fourth-order valence-corrected chi connectivity index (χ4v) is 1.39. The molecule has 3 heteroatoms. The van der Waals surface area contributed by atoms with Gasteiger partial charge in [-0.25, -0.2) is 0 Å². The normalized spacial score (nSPS) is 11.6. The zero-order valence-electron chi connectivity index (χ0n) is 10.3. The van der Waals surface area contributed by atoms with E-state index in [-0.39, 0.29) is 24.9 Å². The third kappa shape index (κ3) is 4.28. The number of nitrogens with zero attached hydrogens (tertiary/aromatic N) is 1. The van der Waals surface area contributed by atoms with Crippen molar-refractivity contribution in [2.24, 2.45) is 5.92 Å². The number of carbonyl (C=O) groups is 1. The lowest BCUT2D eigenvalue weighted by atomic mass is 10.1. The lowest BCUT2D eigenvalue weighted by Crippen LogP contribution is -2.14. The fourth-order valence-electron chi connectivity index (χ4n) is 1.39. The highest BCUT2D eigenvalue weighted by Gasteiger charge is 2.13. The Kier molecular flexibility index (Phi) is 5.22. The molecule has 0 N–H and O–H groups in total. The van der Waals surface area contributed by atoms with Crippen LogP contribution in [0.25, 0.3) is 0 Å². The van der Waals surface area contributed by atoms with E-state index in [2.05, 4.69) is 6.92 Å². The fraction of sp³-hybridized carbons (Fsp3) is 0.429. The van der Waals surface area contributed by atoms with Crippen LogP contribution in [0.2, 0.25) is 0 Å². The zero-order chi connectivity index (χ0) is 12.7. The second-order valence-electron chi connectivity index (χ2n) is 4.04. The second kappa shape index (κ2) is 6.70. The number of esters is 1. The maximum Gasteiger partial charge on any atom is 0.310 e. The van der Waals surface area contributed by atoms with Crippen molar-refractivity contribution in [1.29, 1.82) is 5.26 Å². The average Bonchev–Trinajstić information content (AvgIpc) is 2.36. The van der Waals surface area contributed by atoms with Gasteiger partial charge >= 0.3 is 5.97 Å². The maximum atomic E-state index is 11.5. The van der Waals surface area contributed by atoms with Gasteiger partial charge in [0.1, 0.15) is 6.61 Å². The van der Waals surface area contributed by atoms with Crippen LogP contribution in [0.3, 0.4) is 0 Å². The molecule has 1 aromatic carbocycles. The van der Waals surface area contributed by atoms with Crippen LogP contribution in [0.15, 0.2) is 24.3 Å². The zero-order valence-corrected chi connectivity index (χ0v) is 10.3. The van der Waals surface area contributed by atoms with E-state index in [0.29, 0.717) is 0 Å². The Morgan fingerprint density at radius 3 is 2.47 bits per heavy atom. The topological polar surface area (TPSA) is 50.1 Å². The standard InChI is InChI=1S/C14H17NO2/c1-3-12-4-6-13(7-5-12)10-17-14(16)11(2)8-9-15/h4-7,11H,3,8,10H2,1-2H3. The summed E-state index contributed by atoms with van der Waals surface area (Å²) in [5.41, 5.74) is 2.23. The molecule has 0 fully saturated rings. The third-order valence-corrected chi connectivity index (χ3v) is 2.61. The summed E-state index contributed by atoms with van der Waals surface area (Å²) in [4.78, 5) is 11.5. The van der Waals surface area contributed by atoms with Gasteiger partial charge in [0.25, 0.3) is 0 Å². The molecule has 1 atom stereocenters. The van der Waals surface area contributed by atoms with E-state index in [1.54, 1.807) is 6.92 Å². The number of benzene rings is 1. The van der Waals surface area contributed by atoms with E-state index in [0.717, 1.165) is 12.0 Å². The molecule has 0 amide bonds. The summed E-state index contributed by atoms with van der Waals surface area (Å²) in [6, 6.07) is 9.94. The Hall–Kier alpha value is -1.82. The number of hydrogen-bond donors (Lipinski definition) is 0. The number of nitriles is 1. The maximum absolute atomic E-state index is 11.5. The van der Waals surface area contributed by atoms with Crippen LogP contribution in [0, 0.1) is 17.2 Å². The minimum Gasteiger partial charge on any atom is -0.461 e. The molecule has 0 aliphatic heterocycles. The van der Waals surface area contributed by atoms with Crippen molar-refractivity contribution in [2.75, 3.05) is 0 Å². The van der Waals surface area contributed by atoms with Gasteiger partial charge in [-0.2, -0.15) is 5.26 Å². The van der Waals surface area contributed by atoms with Gasteiger partial charge in [0.15, 0.2) is 0 Å². The minimum absolute atomic E-state index is 0.202. The molecular weight excluding hydrogens is 214 g/mol. The summed E-state index contributed by atoms with van der Waals surface area (Å²) >= 11 is 0. The van der Waals surface area contributed by atoms with Crippen LogP contribution in [0.4, 0.5) is 0 Å². The molecular formula is C14H17NO2. The Balaban J connectivity index is 2.44. The molecule has 1 unspecified atom stereocenters. The highest BCUT2D eigenvalue weighted by Crippen LogP contribution is 2.09. The Morgan fingerprint density at radius 2 is 1.94 bits per heavy atom. The van der Waals surface area contributed by atoms with Crippen molar-refractivity contribution < 1.29 is 9.53 Å². The van der Waals surface area contributed by atoms with Gasteiger partial charge in [0.05, 0.1) is 12.0 Å². The molecule has 0 radical (unpaired) electrons. The first-order chi connectivity index (χ1) is 8.17. The summed E-state index contributed by atoms with van der Waals surface area (Å²) < 4.78 is 5.13. The molecule has 0 saturated carbocycles. The third-order valence-electron chi connectivity index (χ3n) is 2.61. The van der Waals surface area contributed by atoms with Crippen LogP contribution in [-0.2, 0) is 22.6 Å². The quantitative estimate of drug-likeness (QED) is 0.732. The molecule has 1 aromatic rings. The largest absolute Gasteiger partial charge is 0.461 e. The monoisotopic (exact) mass is 231 g/mol. The first-order valence-electron chi connectivity index (χ1n) is 5.78. The van der Waals surface area contributed by atoms with E-state index < -0.39 is 0 Å². The summed E-state index contributed by atoms with van der Waals surface area (Å²) in [6.45, 7) is 4.07. The van der Waals surface area contributed by atoms with Gasteiger partial charge in [0.2, 0.25) is 0 Å². The van der Waals surface area contributed by atoms with E-state index in [1.807, 2.05) is 30.3 Å². The van der Waals surface area contributed by atoms with Crippen molar-refractivity contribution in [2.45, 2.75) is 33.3 Å². The molecule has 1 rings (SSSR count). The summed E-state index contributed by atoms with van der Waals surface area (Å²) in [5, 5.41) is 8.47. The summed E-state index contributed by atoms with van der Waals surface area (Å²) in [6.07, 6.45) is 1.20. The first-order valence-corrected chi connectivity index (χ1v) is 5.78.